The van der Waals surface area contributed by atoms with Gasteiger partial charge in [0.05, 0.1) is 12.7 Å². The number of halogens is 1. The maximum atomic E-state index is 14.2. The molecule has 3 rings (SSSR count). The zero-order valence-electron chi connectivity index (χ0n) is 14.8. The molecular weight excluding hydrogens is 343 g/mol. The Labute approximate surface area is 157 Å². The highest BCUT2D eigenvalue weighted by atomic mass is 19.1. The molecule has 3 N–H and O–H groups in total. The van der Waals surface area contributed by atoms with E-state index in [0.717, 1.165) is 6.42 Å². The Morgan fingerprint density at radius 1 is 1.07 bits per heavy atom. The lowest BCUT2D eigenvalue weighted by atomic mass is 10.1. The molecule has 6 heteroatoms. The highest BCUT2D eigenvalue weighted by molar-refractivity contribution is 5.77. The smallest absolute Gasteiger partial charge is 0.188 e. The molecule has 138 valence electrons. The summed E-state index contributed by atoms with van der Waals surface area (Å²) in [4.78, 5) is 8.18. The van der Waals surface area contributed by atoms with Crippen LogP contribution in [0.15, 0.2) is 78.0 Å². The minimum absolute atomic E-state index is 0.143. The molecule has 2 aromatic carbocycles. The van der Waals surface area contributed by atoms with E-state index in [0.29, 0.717) is 23.8 Å². The summed E-state index contributed by atoms with van der Waals surface area (Å²) in [6, 6.07) is 18.3. The minimum Gasteiger partial charge on any atom is -0.453 e. The topological polar surface area (TPSA) is 72.5 Å². The van der Waals surface area contributed by atoms with E-state index >= 15 is 0 Å². The molecular formula is C21H21FN4O. The summed E-state index contributed by atoms with van der Waals surface area (Å²) in [6.07, 6.45) is 4.01. The standard InChI is InChI=1S/C21H21FN4O/c22-19-13-17(8-9-20(19)27-18-7-4-11-24-15-18)14-26-21(23)25-12-10-16-5-2-1-3-6-16/h1-9,11,13,15H,10,12,14H2,(H3,23,25,26). The van der Waals surface area contributed by atoms with E-state index in [9.17, 15) is 4.39 Å². The molecule has 0 saturated heterocycles. The van der Waals surface area contributed by atoms with Gasteiger partial charge in [-0.1, -0.05) is 36.4 Å². The van der Waals surface area contributed by atoms with E-state index in [1.165, 1.54) is 17.8 Å². The van der Waals surface area contributed by atoms with Crippen molar-refractivity contribution in [2.75, 3.05) is 6.54 Å². The van der Waals surface area contributed by atoms with Gasteiger partial charge in [-0.2, -0.15) is 0 Å². The molecule has 0 spiro atoms. The summed E-state index contributed by atoms with van der Waals surface area (Å²) in [5.41, 5.74) is 7.80. The van der Waals surface area contributed by atoms with Gasteiger partial charge in [-0.15, -0.1) is 0 Å². The highest BCUT2D eigenvalue weighted by Crippen LogP contribution is 2.24. The van der Waals surface area contributed by atoms with Gasteiger partial charge in [0, 0.05) is 12.7 Å². The zero-order chi connectivity index (χ0) is 18.9. The van der Waals surface area contributed by atoms with Crippen molar-refractivity contribution >= 4 is 5.96 Å². The van der Waals surface area contributed by atoms with Gasteiger partial charge >= 0.3 is 0 Å². The van der Waals surface area contributed by atoms with Crippen molar-refractivity contribution in [2.24, 2.45) is 10.7 Å². The van der Waals surface area contributed by atoms with E-state index < -0.39 is 5.82 Å². The third kappa shape index (κ3) is 5.81. The predicted octanol–water partition coefficient (Wildman–Crippen LogP) is 3.66. The molecule has 5 nitrogen and oxygen atoms in total. The molecule has 1 aromatic heterocycles. The number of nitrogens with zero attached hydrogens (tertiary/aromatic N) is 2. The Hall–Kier alpha value is -3.41. The zero-order valence-corrected chi connectivity index (χ0v) is 14.8. The second kappa shape index (κ2) is 9.33. The maximum absolute atomic E-state index is 14.2. The lowest BCUT2D eigenvalue weighted by Gasteiger charge is -2.08. The third-order valence-electron chi connectivity index (χ3n) is 3.85. The molecule has 27 heavy (non-hydrogen) atoms. The van der Waals surface area contributed by atoms with Crippen molar-refractivity contribution in [2.45, 2.75) is 13.0 Å². The number of nitrogens with two attached hydrogens (primary N) is 1. The SMILES string of the molecule is NC(=NCc1ccc(Oc2cccnc2)c(F)c1)NCCc1ccccc1. The fraction of sp³-hybridized carbons (Fsp3) is 0.143. The molecule has 0 radical (unpaired) electrons. The number of ether oxygens (including phenoxy) is 1. The van der Waals surface area contributed by atoms with Crippen LogP contribution < -0.4 is 15.8 Å². The van der Waals surface area contributed by atoms with Gasteiger partial charge in [-0.25, -0.2) is 9.38 Å². The summed E-state index contributed by atoms with van der Waals surface area (Å²) in [5.74, 6) is 0.503. The number of aromatic nitrogens is 1. The van der Waals surface area contributed by atoms with Crippen molar-refractivity contribution in [1.29, 1.82) is 0 Å². The highest BCUT2D eigenvalue weighted by Gasteiger charge is 2.06. The van der Waals surface area contributed by atoms with E-state index in [1.807, 2.05) is 18.2 Å². The molecule has 0 atom stereocenters. The number of benzene rings is 2. The monoisotopic (exact) mass is 364 g/mol. The maximum Gasteiger partial charge on any atom is 0.188 e. The van der Waals surface area contributed by atoms with Crippen LogP contribution in [0.5, 0.6) is 11.5 Å². The average molecular weight is 364 g/mol. The van der Waals surface area contributed by atoms with Gasteiger partial charge in [0.25, 0.3) is 0 Å². The molecule has 3 aromatic rings. The quantitative estimate of drug-likeness (QED) is 0.496. The molecule has 0 saturated carbocycles. The van der Waals surface area contributed by atoms with E-state index in [-0.39, 0.29) is 12.3 Å². The molecule has 0 unspecified atom stereocenters. The van der Waals surface area contributed by atoms with E-state index in [4.69, 9.17) is 10.5 Å². The first-order chi connectivity index (χ1) is 13.2. The van der Waals surface area contributed by atoms with Gasteiger partial charge in [0.15, 0.2) is 17.5 Å². The van der Waals surface area contributed by atoms with Crippen LogP contribution in [0, 0.1) is 5.82 Å². The van der Waals surface area contributed by atoms with Crippen LogP contribution in [0.3, 0.4) is 0 Å². The molecule has 0 bridgehead atoms. The molecule has 0 amide bonds. The van der Waals surface area contributed by atoms with Crippen LogP contribution in [-0.4, -0.2) is 17.5 Å². The number of hydrogen-bond donors (Lipinski definition) is 2. The van der Waals surface area contributed by atoms with Crippen molar-refractivity contribution in [3.8, 4) is 11.5 Å². The summed E-state index contributed by atoms with van der Waals surface area (Å²) >= 11 is 0. The first-order valence-electron chi connectivity index (χ1n) is 8.65. The predicted molar refractivity (Wildman–Crippen MR) is 104 cm³/mol. The summed E-state index contributed by atoms with van der Waals surface area (Å²) in [6.45, 7) is 0.972. The Balaban J connectivity index is 1.51. The second-order valence-corrected chi connectivity index (χ2v) is 5.92. The van der Waals surface area contributed by atoms with Crippen LogP contribution >= 0.6 is 0 Å². The number of rotatable bonds is 7. The number of nitrogens with one attached hydrogen (secondary N) is 1. The average Bonchev–Trinajstić information content (AvgIpc) is 2.70. The Bertz CT molecular complexity index is 885. The summed E-state index contributed by atoms with van der Waals surface area (Å²) in [5, 5.41) is 3.06. The van der Waals surface area contributed by atoms with E-state index in [2.05, 4.69) is 27.4 Å². The van der Waals surface area contributed by atoms with Crippen LogP contribution in [0.2, 0.25) is 0 Å². The van der Waals surface area contributed by atoms with Gasteiger partial charge in [-0.05, 0) is 41.8 Å². The second-order valence-electron chi connectivity index (χ2n) is 5.92. The van der Waals surface area contributed by atoms with Gasteiger partial charge < -0.3 is 15.8 Å². The van der Waals surface area contributed by atoms with Crippen LogP contribution in [0.1, 0.15) is 11.1 Å². The van der Waals surface area contributed by atoms with Crippen molar-refractivity contribution in [1.82, 2.24) is 10.3 Å². The van der Waals surface area contributed by atoms with Crippen LogP contribution in [0.4, 0.5) is 4.39 Å². The van der Waals surface area contributed by atoms with Gasteiger partial charge in [-0.3, -0.25) is 4.98 Å². The summed E-state index contributed by atoms with van der Waals surface area (Å²) < 4.78 is 19.7. The third-order valence-corrected chi connectivity index (χ3v) is 3.85. The van der Waals surface area contributed by atoms with Crippen molar-refractivity contribution in [3.05, 3.63) is 90.0 Å². The first-order valence-corrected chi connectivity index (χ1v) is 8.65. The Morgan fingerprint density at radius 3 is 2.67 bits per heavy atom. The Kier molecular flexibility index (Phi) is 6.35. The molecule has 0 fully saturated rings. The normalized spacial score (nSPS) is 11.2. The number of guanidine groups is 1. The van der Waals surface area contributed by atoms with Crippen molar-refractivity contribution in [3.63, 3.8) is 0 Å². The molecule has 1 heterocycles. The number of hydrogen-bond acceptors (Lipinski definition) is 3. The molecule has 0 aliphatic carbocycles. The fourth-order valence-corrected chi connectivity index (χ4v) is 2.47. The van der Waals surface area contributed by atoms with Crippen LogP contribution in [-0.2, 0) is 13.0 Å². The van der Waals surface area contributed by atoms with Crippen molar-refractivity contribution < 1.29 is 9.13 Å². The number of aliphatic imine (C=N–C) groups is 1. The minimum atomic E-state index is -0.456. The lowest BCUT2D eigenvalue weighted by Crippen LogP contribution is -2.33. The first kappa shape index (κ1) is 18.4. The fourth-order valence-electron chi connectivity index (χ4n) is 2.47. The lowest BCUT2D eigenvalue weighted by molar-refractivity contribution is 0.440. The van der Waals surface area contributed by atoms with Crippen LogP contribution in [0.25, 0.3) is 0 Å². The largest absolute Gasteiger partial charge is 0.453 e. The Morgan fingerprint density at radius 2 is 1.93 bits per heavy atom. The molecule has 0 aliphatic heterocycles. The van der Waals surface area contributed by atoms with E-state index in [1.54, 1.807) is 30.5 Å². The number of pyridine rings is 1. The molecule has 0 aliphatic rings. The van der Waals surface area contributed by atoms with Gasteiger partial charge in [0.1, 0.15) is 5.75 Å². The summed E-state index contributed by atoms with van der Waals surface area (Å²) in [7, 11) is 0. The van der Waals surface area contributed by atoms with Gasteiger partial charge in [0.2, 0.25) is 0 Å².